The second-order valence-corrected chi connectivity index (χ2v) is 11.7. The first-order valence-electron chi connectivity index (χ1n) is 14.9. The largest absolute Gasteiger partial charge is 0.390 e. The minimum Gasteiger partial charge on any atom is -0.390 e. The van der Waals surface area contributed by atoms with E-state index >= 15 is 0 Å². The van der Waals surface area contributed by atoms with Crippen molar-refractivity contribution in [1.29, 1.82) is 0 Å². The van der Waals surface area contributed by atoms with Gasteiger partial charge in [-0.25, -0.2) is 4.98 Å². The van der Waals surface area contributed by atoms with Crippen LogP contribution in [0.4, 0.5) is 11.8 Å². The average Bonchev–Trinajstić information content (AvgIpc) is 3.52. The third-order valence-corrected chi connectivity index (χ3v) is 9.08. The van der Waals surface area contributed by atoms with Gasteiger partial charge in [-0.3, -0.25) is 14.5 Å². The number of benzene rings is 1. The van der Waals surface area contributed by atoms with E-state index in [0.29, 0.717) is 30.5 Å². The van der Waals surface area contributed by atoms with Crippen molar-refractivity contribution in [1.82, 2.24) is 24.7 Å². The summed E-state index contributed by atoms with van der Waals surface area (Å²) in [6.07, 6.45) is 4.99. The van der Waals surface area contributed by atoms with E-state index < -0.39 is 6.10 Å². The molecule has 1 aromatic heterocycles. The molecule has 2 aromatic rings. The number of hydrogen-bond acceptors (Lipinski definition) is 8. The Hall–Kier alpha value is -3.24. The summed E-state index contributed by atoms with van der Waals surface area (Å²) in [4.78, 5) is 43.1. The summed E-state index contributed by atoms with van der Waals surface area (Å²) < 4.78 is 0. The Morgan fingerprint density at radius 1 is 0.925 bits per heavy atom. The van der Waals surface area contributed by atoms with E-state index in [2.05, 4.69) is 39.4 Å². The van der Waals surface area contributed by atoms with Crippen molar-refractivity contribution >= 4 is 23.6 Å². The number of carbonyl (C=O) groups excluding carboxylic acids is 2. The summed E-state index contributed by atoms with van der Waals surface area (Å²) in [5.74, 6) is 1.21. The number of nitrogens with zero attached hydrogens (tertiary/aromatic N) is 6. The monoisotopic (exact) mass is 547 g/mol. The molecule has 1 aromatic carbocycles. The van der Waals surface area contributed by atoms with E-state index in [0.717, 1.165) is 77.8 Å². The van der Waals surface area contributed by atoms with Crippen LogP contribution in [0.2, 0.25) is 0 Å². The molecular weight excluding hydrogens is 506 g/mol. The molecule has 3 saturated heterocycles. The maximum absolute atomic E-state index is 13.7. The molecule has 0 bridgehead atoms. The number of nitrogens with one attached hydrogen (secondary N) is 1. The number of likely N-dealkylation sites (tertiary alicyclic amines) is 2. The third kappa shape index (κ3) is 5.78. The topological polar surface area (TPSA) is 105 Å². The molecule has 0 radical (unpaired) electrons. The van der Waals surface area contributed by atoms with Gasteiger partial charge in [-0.15, -0.1) is 0 Å². The predicted molar refractivity (Wildman–Crippen MR) is 153 cm³/mol. The predicted octanol–water partition coefficient (Wildman–Crippen LogP) is 2.13. The van der Waals surface area contributed by atoms with E-state index in [9.17, 15) is 14.7 Å². The van der Waals surface area contributed by atoms with Crippen LogP contribution in [0.1, 0.15) is 60.6 Å². The van der Waals surface area contributed by atoms with Crippen molar-refractivity contribution in [2.45, 2.75) is 70.2 Å². The van der Waals surface area contributed by atoms with Crippen LogP contribution in [0.25, 0.3) is 0 Å². The standard InChI is InChI=1S/C30H41N7O3/c1-21(38)34-15-9-24(10-16-34)31-28-18-25(32-30(33-28)35-12-4-5-13-35)29(40)37-17-11-26(27(39)20-37)36-14-8-22-6-2-3-7-23(22)19-36/h2-3,6-7,18,24,26-27,39H,4-5,8-17,19-20H2,1H3,(H,31,32,33)/t26-,27-/m1/s1. The van der Waals surface area contributed by atoms with E-state index in [1.807, 2.05) is 4.90 Å². The number of hydrogen-bond donors (Lipinski definition) is 2. The van der Waals surface area contributed by atoms with Gasteiger partial charge in [0.2, 0.25) is 11.9 Å². The first-order chi connectivity index (χ1) is 19.4. The second-order valence-electron chi connectivity index (χ2n) is 11.7. The maximum Gasteiger partial charge on any atom is 0.272 e. The molecule has 0 aliphatic carbocycles. The van der Waals surface area contributed by atoms with E-state index in [-0.39, 0.29) is 23.9 Å². The minimum absolute atomic E-state index is 0.0427. The lowest BCUT2D eigenvalue weighted by Crippen LogP contribution is -2.56. The van der Waals surface area contributed by atoms with Crippen molar-refractivity contribution in [3.8, 4) is 0 Å². The third-order valence-electron chi connectivity index (χ3n) is 9.08. The van der Waals surface area contributed by atoms with Gasteiger partial charge in [-0.2, -0.15) is 4.98 Å². The zero-order valence-electron chi connectivity index (χ0n) is 23.5. The number of amides is 2. The number of rotatable bonds is 5. The smallest absolute Gasteiger partial charge is 0.272 e. The Kier molecular flexibility index (Phi) is 7.89. The molecule has 214 valence electrons. The van der Waals surface area contributed by atoms with Crippen LogP contribution in [0.3, 0.4) is 0 Å². The Morgan fingerprint density at radius 3 is 2.38 bits per heavy atom. The number of aliphatic hydroxyl groups excluding tert-OH is 1. The summed E-state index contributed by atoms with van der Waals surface area (Å²) in [6.45, 7) is 7.50. The normalized spacial score (nSPS) is 24.2. The van der Waals surface area contributed by atoms with Gasteiger partial charge >= 0.3 is 0 Å². The molecule has 40 heavy (non-hydrogen) atoms. The van der Waals surface area contributed by atoms with Gasteiger partial charge in [0.15, 0.2) is 0 Å². The highest BCUT2D eigenvalue weighted by atomic mass is 16.3. The number of anilines is 2. The summed E-state index contributed by atoms with van der Waals surface area (Å²) in [5.41, 5.74) is 3.10. The lowest BCUT2D eigenvalue weighted by Gasteiger charge is -2.43. The van der Waals surface area contributed by atoms with Crippen molar-refractivity contribution < 1.29 is 14.7 Å². The van der Waals surface area contributed by atoms with E-state index in [1.54, 1.807) is 17.9 Å². The molecule has 0 saturated carbocycles. The summed E-state index contributed by atoms with van der Waals surface area (Å²) >= 11 is 0. The molecule has 0 spiro atoms. The Labute approximate surface area is 236 Å². The SMILES string of the molecule is CC(=O)N1CCC(Nc2cc(C(=O)N3CC[C@@H](N4CCc5ccccc5C4)[C@H](O)C3)nc(N3CCCC3)n2)CC1. The van der Waals surface area contributed by atoms with Crippen LogP contribution in [0, 0.1) is 0 Å². The molecule has 2 atom stereocenters. The number of aliphatic hydroxyl groups is 1. The number of piperidine rings is 2. The summed E-state index contributed by atoms with van der Waals surface area (Å²) in [6, 6.07) is 10.5. The highest BCUT2D eigenvalue weighted by Crippen LogP contribution is 2.27. The van der Waals surface area contributed by atoms with Gasteiger partial charge in [0, 0.05) is 77.4 Å². The van der Waals surface area contributed by atoms with E-state index in [4.69, 9.17) is 9.97 Å². The maximum atomic E-state index is 13.7. The molecular formula is C30H41N7O3. The molecule has 10 heteroatoms. The highest BCUT2D eigenvalue weighted by Gasteiger charge is 2.36. The second kappa shape index (κ2) is 11.7. The molecule has 3 fully saturated rings. The van der Waals surface area contributed by atoms with E-state index in [1.165, 1.54) is 11.1 Å². The van der Waals surface area contributed by atoms with Crippen molar-refractivity contribution in [2.24, 2.45) is 0 Å². The number of β-amino-alcohol motifs (C(OH)–C–C–N with tert-alkyl or cyclic N) is 1. The minimum atomic E-state index is -0.605. The van der Waals surface area contributed by atoms with Gasteiger partial charge in [0.1, 0.15) is 11.5 Å². The first kappa shape index (κ1) is 27.0. The number of fused-ring (bicyclic) bond motifs is 1. The highest BCUT2D eigenvalue weighted by molar-refractivity contribution is 5.93. The van der Waals surface area contributed by atoms with Crippen LogP contribution in [0.5, 0.6) is 0 Å². The van der Waals surface area contributed by atoms with Crippen LogP contribution in [-0.2, 0) is 17.8 Å². The van der Waals surface area contributed by atoms with Crippen molar-refractivity contribution in [2.75, 3.05) is 56.0 Å². The molecule has 4 aliphatic rings. The molecule has 4 aliphatic heterocycles. The fourth-order valence-electron chi connectivity index (χ4n) is 6.72. The Bertz CT molecular complexity index is 1230. The zero-order chi connectivity index (χ0) is 27.6. The lowest BCUT2D eigenvalue weighted by atomic mass is 9.94. The van der Waals surface area contributed by atoms with Crippen molar-refractivity contribution in [3.63, 3.8) is 0 Å². The Morgan fingerprint density at radius 2 is 1.65 bits per heavy atom. The summed E-state index contributed by atoms with van der Waals surface area (Å²) in [7, 11) is 0. The Balaban J connectivity index is 1.14. The first-order valence-corrected chi connectivity index (χ1v) is 14.9. The number of carbonyl (C=O) groups is 2. The van der Waals surface area contributed by atoms with Crippen LogP contribution < -0.4 is 10.2 Å². The molecule has 10 nitrogen and oxygen atoms in total. The quantitative estimate of drug-likeness (QED) is 0.587. The molecule has 2 N–H and O–H groups in total. The molecule has 2 amide bonds. The zero-order valence-corrected chi connectivity index (χ0v) is 23.5. The summed E-state index contributed by atoms with van der Waals surface area (Å²) in [5, 5.41) is 14.7. The van der Waals surface area contributed by atoms with Crippen molar-refractivity contribution in [3.05, 3.63) is 47.2 Å². The number of aromatic nitrogens is 2. The molecule has 0 unspecified atom stereocenters. The fraction of sp³-hybridized carbons (Fsp3) is 0.600. The van der Waals surface area contributed by atoms with Crippen LogP contribution >= 0.6 is 0 Å². The van der Waals surface area contributed by atoms with Gasteiger partial charge < -0.3 is 25.1 Å². The van der Waals surface area contributed by atoms with Gasteiger partial charge in [-0.05, 0) is 49.7 Å². The van der Waals surface area contributed by atoms with Gasteiger partial charge in [0.25, 0.3) is 5.91 Å². The average molecular weight is 548 g/mol. The van der Waals surface area contributed by atoms with Crippen LogP contribution in [-0.4, -0.2) is 106 Å². The molecule has 6 rings (SSSR count). The fourth-order valence-corrected chi connectivity index (χ4v) is 6.72. The molecule has 5 heterocycles. The van der Waals surface area contributed by atoms with Gasteiger partial charge in [0.05, 0.1) is 6.10 Å². The van der Waals surface area contributed by atoms with Crippen LogP contribution in [0.15, 0.2) is 30.3 Å². The lowest BCUT2D eigenvalue weighted by molar-refractivity contribution is -0.129. The van der Waals surface area contributed by atoms with Gasteiger partial charge in [-0.1, -0.05) is 24.3 Å².